The molecule has 0 atom stereocenters. The smallest absolute Gasteiger partial charge is 0.251 e. The van der Waals surface area contributed by atoms with Gasteiger partial charge in [-0.05, 0) is 41.8 Å². The van der Waals surface area contributed by atoms with Gasteiger partial charge in [-0.3, -0.25) is 15.2 Å². The molecule has 0 saturated carbocycles. The summed E-state index contributed by atoms with van der Waals surface area (Å²) in [4.78, 5) is 12.5. The molecule has 0 bridgehead atoms. The van der Waals surface area contributed by atoms with Crippen LogP contribution in [0.4, 0.5) is 5.69 Å². The van der Waals surface area contributed by atoms with Crippen molar-refractivity contribution in [2.45, 2.75) is 84.2 Å². The number of unbranched alkanes of at least 4 members (excludes halogenated alkanes) is 9. The number of anilines is 1. The van der Waals surface area contributed by atoms with Gasteiger partial charge in [0.25, 0.3) is 5.91 Å². The lowest BCUT2D eigenvalue weighted by Crippen LogP contribution is -2.24. The molecule has 6 nitrogen and oxygen atoms in total. The van der Waals surface area contributed by atoms with E-state index in [1.807, 2.05) is 24.3 Å². The summed E-state index contributed by atoms with van der Waals surface area (Å²) in [6.07, 6.45) is 12.9. The molecular weight excluding hydrogens is 414 g/mol. The van der Waals surface area contributed by atoms with Crippen LogP contribution in [0.15, 0.2) is 48.5 Å². The van der Waals surface area contributed by atoms with Gasteiger partial charge in [0.2, 0.25) is 0 Å². The second kappa shape index (κ2) is 16.2. The lowest BCUT2D eigenvalue weighted by Gasteiger charge is -2.09. The fourth-order valence-electron chi connectivity index (χ4n) is 3.78. The molecule has 0 heterocycles. The van der Waals surface area contributed by atoms with Crippen LogP contribution < -0.4 is 15.9 Å². The summed E-state index contributed by atoms with van der Waals surface area (Å²) in [6.45, 7) is 4.01. The van der Waals surface area contributed by atoms with E-state index in [4.69, 9.17) is 10.4 Å². The quantitative estimate of drug-likeness (QED) is 0.195. The molecule has 0 aliphatic rings. The first-order valence-corrected chi connectivity index (χ1v) is 12.4. The minimum absolute atomic E-state index is 0.0269. The first kappa shape index (κ1) is 26.8. The number of amides is 1. The maximum Gasteiger partial charge on any atom is 0.251 e. The molecule has 0 saturated heterocycles. The zero-order valence-corrected chi connectivity index (χ0v) is 20.0. The zero-order valence-electron chi connectivity index (χ0n) is 20.0. The molecule has 33 heavy (non-hydrogen) atoms. The zero-order chi connectivity index (χ0) is 23.7. The SMILES string of the molecule is CCCCCCCCCCCCNC(=O)c1cccc(C[N]Cc2ccc(N(O)O)cc2)c1. The standard InChI is InChI=1S/C27H40N3O3/c1-2-3-4-5-6-7-8-9-10-11-19-29-27(31)25-14-12-13-24(20-25)22-28-21-23-15-17-26(18-16-23)30(32)33/h12-18,20,32-33H,2-11,19,21-22H2,1H3,(H,29,31). The molecule has 0 spiro atoms. The summed E-state index contributed by atoms with van der Waals surface area (Å²) in [6, 6.07) is 14.4. The lowest BCUT2D eigenvalue weighted by molar-refractivity contribution is 0.0291. The average molecular weight is 455 g/mol. The van der Waals surface area contributed by atoms with Gasteiger partial charge >= 0.3 is 0 Å². The van der Waals surface area contributed by atoms with Gasteiger partial charge in [0.1, 0.15) is 0 Å². The van der Waals surface area contributed by atoms with Crippen molar-refractivity contribution in [3.63, 3.8) is 0 Å². The topological polar surface area (TPSA) is 86.9 Å². The van der Waals surface area contributed by atoms with Crippen LogP contribution >= 0.6 is 0 Å². The van der Waals surface area contributed by atoms with Gasteiger partial charge in [-0.1, -0.05) is 89.0 Å². The molecule has 3 N–H and O–H groups in total. The molecule has 0 unspecified atom stereocenters. The van der Waals surface area contributed by atoms with E-state index in [1.54, 1.807) is 24.3 Å². The summed E-state index contributed by atoms with van der Waals surface area (Å²) in [5.41, 5.74) is 2.95. The third-order valence-electron chi connectivity index (χ3n) is 5.76. The largest absolute Gasteiger partial charge is 0.352 e. The Labute approximate surface area is 198 Å². The predicted octanol–water partition coefficient (Wildman–Crippen LogP) is 6.23. The number of hydrogen-bond acceptors (Lipinski definition) is 4. The van der Waals surface area contributed by atoms with E-state index in [0.29, 0.717) is 24.3 Å². The van der Waals surface area contributed by atoms with Crippen LogP contribution in [-0.2, 0) is 13.1 Å². The Morgan fingerprint density at radius 1 is 0.818 bits per heavy atom. The number of nitrogens with one attached hydrogen (secondary N) is 1. The molecule has 1 amide bonds. The van der Waals surface area contributed by atoms with Gasteiger partial charge in [0, 0.05) is 25.2 Å². The molecule has 0 aromatic heterocycles. The number of carbonyl (C=O) groups excluding carboxylic acids is 1. The highest BCUT2D eigenvalue weighted by Crippen LogP contribution is 2.13. The minimum atomic E-state index is -0.0269. The molecule has 0 aliphatic carbocycles. The van der Waals surface area contributed by atoms with Crippen LogP contribution in [-0.4, -0.2) is 22.9 Å². The number of nitrogens with zero attached hydrogens (tertiary/aromatic N) is 2. The lowest BCUT2D eigenvalue weighted by atomic mass is 10.1. The Morgan fingerprint density at radius 2 is 1.42 bits per heavy atom. The van der Waals surface area contributed by atoms with Gasteiger partial charge in [-0.25, -0.2) is 5.32 Å². The Bertz CT molecular complexity index is 793. The highest BCUT2D eigenvalue weighted by Gasteiger charge is 2.06. The van der Waals surface area contributed by atoms with Crippen molar-refractivity contribution in [1.82, 2.24) is 10.6 Å². The maximum absolute atomic E-state index is 12.5. The van der Waals surface area contributed by atoms with E-state index >= 15 is 0 Å². The van der Waals surface area contributed by atoms with E-state index < -0.39 is 0 Å². The molecule has 0 fully saturated rings. The van der Waals surface area contributed by atoms with Crippen LogP contribution in [0.5, 0.6) is 0 Å². The van der Waals surface area contributed by atoms with Crippen molar-refractivity contribution < 1.29 is 15.2 Å². The van der Waals surface area contributed by atoms with Crippen molar-refractivity contribution in [3.05, 3.63) is 65.2 Å². The number of hydrogen-bond donors (Lipinski definition) is 3. The van der Waals surface area contributed by atoms with E-state index in [2.05, 4.69) is 17.6 Å². The fourth-order valence-corrected chi connectivity index (χ4v) is 3.78. The average Bonchev–Trinajstić information content (AvgIpc) is 2.83. The van der Waals surface area contributed by atoms with Crippen molar-refractivity contribution in [2.75, 3.05) is 11.8 Å². The highest BCUT2D eigenvalue weighted by molar-refractivity contribution is 5.94. The first-order chi connectivity index (χ1) is 16.1. The van der Waals surface area contributed by atoms with Crippen molar-refractivity contribution in [3.8, 4) is 0 Å². The van der Waals surface area contributed by atoms with Crippen molar-refractivity contribution >= 4 is 11.6 Å². The summed E-state index contributed by atoms with van der Waals surface area (Å²) >= 11 is 0. The van der Waals surface area contributed by atoms with Crippen molar-refractivity contribution in [1.29, 1.82) is 0 Å². The van der Waals surface area contributed by atoms with Crippen LogP contribution in [0, 0.1) is 0 Å². The van der Waals surface area contributed by atoms with E-state index in [0.717, 1.165) is 24.1 Å². The van der Waals surface area contributed by atoms with Gasteiger partial charge < -0.3 is 5.32 Å². The monoisotopic (exact) mass is 454 g/mol. The van der Waals surface area contributed by atoms with Gasteiger partial charge in [-0.15, -0.1) is 5.23 Å². The maximum atomic E-state index is 12.5. The molecule has 181 valence electrons. The molecule has 2 aromatic rings. The Kier molecular flexibility index (Phi) is 13.2. The fraction of sp³-hybridized carbons (Fsp3) is 0.519. The van der Waals surface area contributed by atoms with Crippen LogP contribution in [0.1, 0.15) is 92.6 Å². The van der Waals surface area contributed by atoms with Crippen LogP contribution in [0.3, 0.4) is 0 Å². The molecule has 2 aromatic carbocycles. The molecular formula is C27H40N3O3. The second-order valence-electron chi connectivity index (χ2n) is 8.63. The second-order valence-corrected chi connectivity index (χ2v) is 8.63. The third kappa shape index (κ3) is 11.3. The predicted molar refractivity (Wildman–Crippen MR) is 133 cm³/mol. The number of carbonyl (C=O) groups is 1. The normalized spacial score (nSPS) is 10.9. The Morgan fingerprint density at radius 3 is 2.06 bits per heavy atom. The number of rotatable bonds is 17. The molecule has 1 radical (unpaired) electrons. The third-order valence-corrected chi connectivity index (χ3v) is 5.76. The van der Waals surface area contributed by atoms with Gasteiger partial charge in [-0.2, -0.15) is 0 Å². The van der Waals surface area contributed by atoms with Crippen LogP contribution in [0.2, 0.25) is 0 Å². The van der Waals surface area contributed by atoms with Crippen LogP contribution in [0.25, 0.3) is 0 Å². The molecule has 6 heteroatoms. The summed E-state index contributed by atoms with van der Waals surface area (Å²) in [5, 5.41) is 25.6. The van der Waals surface area contributed by atoms with Gasteiger partial charge in [0.05, 0.1) is 5.69 Å². The van der Waals surface area contributed by atoms with E-state index in [1.165, 1.54) is 57.8 Å². The van der Waals surface area contributed by atoms with Crippen molar-refractivity contribution in [2.24, 2.45) is 0 Å². The molecule has 2 rings (SSSR count). The Hall–Kier alpha value is -2.41. The van der Waals surface area contributed by atoms with E-state index in [9.17, 15) is 4.79 Å². The minimum Gasteiger partial charge on any atom is -0.352 e. The van der Waals surface area contributed by atoms with E-state index in [-0.39, 0.29) is 11.1 Å². The Balaban J connectivity index is 1.59. The highest BCUT2D eigenvalue weighted by atomic mass is 16.8. The number of benzene rings is 2. The van der Waals surface area contributed by atoms with Gasteiger partial charge in [0.15, 0.2) is 0 Å². The molecule has 0 aliphatic heterocycles. The summed E-state index contributed by atoms with van der Waals surface area (Å²) in [7, 11) is 0. The first-order valence-electron chi connectivity index (χ1n) is 12.4. The summed E-state index contributed by atoms with van der Waals surface area (Å²) in [5.74, 6) is -0.0269. The summed E-state index contributed by atoms with van der Waals surface area (Å²) < 4.78 is 0.